The van der Waals surface area contributed by atoms with Gasteiger partial charge in [0.05, 0.1) is 5.92 Å². The first-order chi connectivity index (χ1) is 7.72. The number of thioether (sulfide) groups is 1. The number of hydrogen-bond donors (Lipinski definition) is 2. The van der Waals surface area contributed by atoms with Crippen molar-refractivity contribution in [2.75, 3.05) is 19.3 Å². The molecule has 1 aliphatic heterocycles. The SMILES string of the molecule is CSC1CCCC1NC(=O)C1CNCC1C. The Kier molecular flexibility index (Phi) is 4.14. The predicted octanol–water partition coefficient (Wildman–Crippen LogP) is 1.24. The molecule has 2 N–H and O–H groups in total. The van der Waals surface area contributed by atoms with E-state index < -0.39 is 0 Å². The van der Waals surface area contributed by atoms with Crippen LogP contribution in [0.15, 0.2) is 0 Å². The molecule has 0 bridgehead atoms. The maximum atomic E-state index is 12.1. The van der Waals surface area contributed by atoms with Crippen LogP contribution >= 0.6 is 11.8 Å². The van der Waals surface area contributed by atoms with Crippen LogP contribution < -0.4 is 10.6 Å². The van der Waals surface area contributed by atoms with Crippen LogP contribution in [0.4, 0.5) is 0 Å². The van der Waals surface area contributed by atoms with E-state index in [-0.39, 0.29) is 11.8 Å². The number of carbonyl (C=O) groups excluding carboxylic acids is 1. The van der Waals surface area contributed by atoms with Crippen LogP contribution in [0.25, 0.3) is 0 Å². The predicted molar refractivity (Wildman–Crippen MR) is 68.6 cm³/mol. The van der Waals surface area contributed by atoms with Crippen LogP contribution in [0.2, 0.25) is 0 Å². The molecule has 2 fully saturated rings. The van der Waals surface area contributed by atoms with E-state index >= 15 is 0 Å². The highest BCUT2D eigenvalue weighted by molar-refractivity contribution is 7.99. The quantitative estimate of drug-likeness (QED) is 0.782. The third kappa shape index (κ3) is 2.54. The summed E-state index contributed by atoms with van der Waals surface area (Å²) in [4.78, 5) is 12.1. The fraction of sp³-hybridized carbons (Fsp3) is 0.917. The molecule has 92 valence electrons. The highest BCUT2D eigenvalue weighted by Crippen LogP contribution is 2.29. The first-order valence-corrected chi connectivity index (χ1v) is 7.55. The Morgan fingerprint density at radius 3 is 2.81 bits per heavy atom. The Bertz CT molecular complexity index is 259. The van der Waals surface area contributed by atoms with E-state index in [0.717, 1.165) is 19.5 Å². The van der Waals surface area contributed by atoms with Gasteiger partial charge >= 0.3 is 0 Å². The van der Waals surface area contributed by atoms with Gasteiger partial charge in [-0.05, 0) is 31.6 Å². The summed E-state index contributed by atoms with van der Waals surface area (Å²) < 4.78 is 0. The summed E-state index contributed by atoms with van der Waals surface area (Å²) in [5.74, 6) is 0.931. The van der Waals surface area contributed by atoms with Gasteiger partial charge in [0.25, 0.3) is 0 Å². The van der Waals surface area contributed by atoms with E-state index in [1.807, 2.05) is 11.8 Å². The zero-order valence-electron chi connectivity index (χ0n) is 10.2. The van der Waals surface area contributed by atoms with Crippen molar-refractivity contribution in [1.82, 2.24) is 10.6 Å². The average Bonchev–Trinajstić information content (AvgIpc) is 2.86. The van der Waals surface area contributed by atoms with E-state index in [0.29, 0.717) is 17.2 Å². The van der Waals surface area contributed by atoms with Crippen LogP contribution in [0.3, 0.4) is 0 Å². The maximum Gasteiger partial charge on any atom is 0.224 e. The summed E-state index contributed by atoms with van der Waals surface area (Å²) >= 11 is 1.90. The third-order valence-electron chi connectivity index (χ3n) is 3.94. The minimum Gasteiger partial charge on any atom is -0.352 e. The highest BCUT2D eigenvalue weighted by Gasteiger charge is 2.33. The standard InChI is InChI=1S/C12H22N2OS/c1-8-6-13-7-9(8)12(15)14-10-4-3-5-11(10)16-2/h8-11,13H,3-7H2,1-2H3,(H,14,15). The molecule has 1 saturated carbocycles. The maximum absolute atomic E-state index is 12.1. The summed E-state index contributed by atoms with van der Waals surface area (Å²) in [7, 11) is 0. The van der Waals surface area contributed by atoms with Crippen LogP contribution in [0.1, 0.15) is 26.2 Å². The van der Waals surface area contributed by atoms with Crippen molar-refractivity contribution in [3.05, 3.63) is 0 Å². The van der Waals surface area contributed by atoms with Gasteiger partial charge < -0.3 is 10.6 Å². The number of nitrogens with one attached hydrogen (secondary N) is 2. The van der Waals surface area contributed by atoms with Gasteiger partial charge in [-0.15, -0.1) is 0 Å². The minimum atomic E-state index is 0.183. The molecule has 0 spiro atoms. The number of hydrogen-bond acceptors (Lipinski definition) is 3. The van der Waals surface area contributed by atoms with E-state index in [4.69, 9.17) is 0 Å². The summed E-state index contributed by atoms with van der Waals surface area (Å²) in [6.07, 6.45) is 5.82. The Labute approximate surface area is 102 Å². The third-order valence-corrected chi connectivity index (χ3v) is 5.11. The summed E-state index contributed by atoms with van der Waals surface area (Å²) in [6, 6.07) is 0.412. The van der Waals surface area contributed by atoms with Crippen LogP contribution in [-0.4, -0.2) is 36.5 Å². The Morgan fingerprint density at radius 2 is 2.19 bits per heavy atom. The molecule has 1 saturated heterocycles. The summed E-state index contributed by atoms with van der Waals surface area (Å²) in [5.41, 5.74) is 0. The molecule has 4 heteroatoms. The Hall–Kier alpha value is -0.220. The summed E-state index contributed by atoms with van der Waals surface area (Å²) in [5, 5.41) is 7.17. The molecule has 0 aromatic rings. The van der Waals surface area contributed by atoms with Crippen molar-refractivity contribution in [1.29, 1.82) is 0 Å². The number of carbonyl (C=O) groups is 1. The van der Waals surface area contributed by atoms with E-state index in [1.165, 1.54) is 12.8 Å². The fourth-order valence-corrected chi connectivity index (χ4v) is 3.76. The second-order valence-electron chi connectivity index (χ2n) is 5.06. The van der Waals surface area contributed by atoms with Gasteiger partial charge in [-0.1, -0.05) is 13.3 Å². The molecule has 1 aliphatic carbocycles. The van der Waals surface area contributed by atoms with Gasteiger partial charge in [-0.2, -0.15) is 11.8 Å². The van der Waals surface area contributed by atoms with Gasteiger partial charge in [0.2, 0.25) is 5.91 Å². The van der Waals surface area contributed by atoms with Gasteiger partial charge in [-0.25, -0.2) is 0 Å². The largest absolute Gasteiger partial charge is 0.352 e. The first kappa shape index (κ1) is 12.2. The molecule has 0 radical (unpaired) electrons. The van der Waals surface area contributed by atoms with Gasteiger partial charge in [0.15, 0.2) is 0 Å². The molecule has 0 aromatic heterocycles. The van der Waals surface area contributed by atoms with Crippen molar-refractivity contribution in [2.24, 2.45) is 11.8 Å². The van der Waals surface area contributed by atoms with E-state index in [1.54, 1.807) is 0 Å². The smallest absolute Gasteiger partial charge is 0.224 e. The zero-order valence-corrected chi connectivity index (χ0v) is 11.0. The number of amides is 1. The number of rotatable bonds is 3. The lowest BCUT2D eigenvalue weighted by Crippen LogP contribution is -2.43. The van der Waals surface area contributed by atoms with Gasteiger partial charge in [0, 0.05) is 17.8 Å². The lowest BCUT2D eigenvalue weighted by atomic mass is 9.97. The molecule has 1 amide bonds. The lowest BCUT2D eigenvalue weighted by Gasteiger charge is -2.22. The summed E-state index contributed by atoms with van der Waals surface area (Å²) in [6.45, 7) is 3.99. The van der Waals surface area contributed by atoms with Crippen molar-refractivity contribution < 1.29 is 4.79 Å². The van der Waals surface area contributed by atoms with Crippen molar-refractivity contribution in [2.45, 2.75) is 37.5 Å². The monoisotopic (exact) mass is 242 g/mol. The molecule has 3 nitrogen and oxygen atoms in total. The minimum absolute atomic E-state index is 0.183. The Morgan fingerprint density at radius 1 is 1.38 bits per heavy atom. The molecule has 1 heterocycles. The second-order valence-corrected chi connectivity index (χ2v) is 6.14. The topological polar surface area (TPSA) is 41.1 Å². The molecular weight excluding hydrogens is 220 g/mol. The molecule has 2 aliphatic rings. The Balaban J connectivity index is 1.86. The first-order valence-electron chi connectivity index (χ1n) is 6.26. The van der Waals surface area contributed by atoms with E-state index in [2.05, 4.69) is 23.8 Å². The molecule has 16 heavy (non-hydrogen) atoms. The zero-order chi connectivity index (χ0) is 11.5. The molecule has 4 atom stereocenters. The molecular formula is C12H22N2OS. The second kappa shape index (κ2) is 5.41. The molecule has 0 aromatic carbocycles. The highest BCUT2D eigenvalue weighted by atomic mass is 32.2. The van der Waals surface area contributed by atoms with Crippen molar-refractivity contribution in [3.63, 3.8) is 0 Å². The van der Waals surface area contributed by atoms with Crippen LogP contribution in [0, 0.1) is 11.8 Å². The van der Waals surface area contributed by atoms with Gasteiger partial charge in [-0.3, -0.25) is 4.79 Å². The van der Waals surface area contributed by atoms with Gasteiger partial charge in [0.1, 0.15) is 0 Å². The average molecular weight is 242 g/mol. The molecule has 2 rings (SSSR count). The van der Waals surface area contributed by atoms with Crippen LogP contribution in [-0.2, 0) is 4.79 Å². The fourth-order valence-electron chi connectivity index (χ4n) is 2.82. The lowest BCUT2D eigenvalue weighted by molar-refractivity contribution is -0.126. The normalized spacial score (nSPS) is 38.9. The molecule has 4 unspecified atom stereocenters. The van der Waals surface area contributed by atoms with E-state index in [9.17, 15) is 4.79 Å². The van der Waals surface area contributed by atoms with Crippen LogP contribution in [0.5, 0.6) is 0 Å². The van der Waals surface area contributed by atoms with Crippen molar-refractivity contribution >= 4 is 17.7 Å². The van der Waals surface area contributed by atoms with Crippen molar-refractivity contribution in [3.8, 4) is 0 Å².